The first-order chi connectivity index (χ1) is 16.8. The summed E-state index contributed by atoms with van der Waals surface area (Å²) in [7, 11) is 7.95. The minimum Gasteiger partial charge on any atom is -0.477 e. The highest BCUT2D eigenvalue weighted by Crippen LogP contribution is 2.24. The lowest BCUT2D eigenvalue weighted by atomic mass is 9.97. The zero-order valence-corrected chi connectivity index (χ0v) is 20.4. The second-order valence-corrected chi connectivity index (χ2v) is 8.47. The van der Waals surface area contributed by atoms with Crippen LogP contribution >= 0.6 is 0 Å². The Labute approximate surface area is 207 Å². The van der Waals surface area contributed by atoms with Gasteiger partial charge in [-0.25, -0.2) is 4.79 Å². The first kappa shape index (κ1) is 25.1. The van der Waals surface area contributed by atoms with Crippen molar-refractivity contribution in [3.8, 4) is 6.07 Å². The van der Waals surface area contributed by atoms with Crippen molar-refractivity contribution in [2.24, 2.45) is 0 Å². The molecule has 0 heterocycles. The molecular formula is C30H29N3O2. The molecule has 3 aromatic carbocycles. The molecule has 0 unspecified atom stereocenters. The molecule has 0 saturated carbocycles. The molecule has 0 amide bonds. The van der Waals surface area contributed by atoms with Gasteiger partial charge in [0, 0.05) is 45.1 Å². The number of carboxylic acids is 1. The Balaban J connectivity index is 1.86. The first-order valence-electron chi connectivity index (χ1n) is 11.2. The summed E-state index contributed by atoms with van der Waals surface area (Å²) in [6.07, 6.45) is 7.54. The van der Waals surface area contributed by atoms with Crippen molar-refractivity contribution >= 4 is 41.1 Å². The van der Waals surface area contributed by atoms with Gasteiger partial charge in [0.15, 0.2) is 0 Å². The molecule has 0 radical (unpaired) electrons. The molecule has 0 aliphatic rings. The van der Waals surface area contributed by atoms with E-state index in [1.54, 1.807) is 6.08 Å². The molecular weight excluding hydrogens is 434 g/mol. The number of rotatable bonds is 8. The van der Waals surface area contributed by atoms with Crippen molar-refractivity contribution in [1.82, 2.24) is 0 Å². The van der Waals surface area contributed by atoms with Gasteiger partial charge in [-0.2, -0.15) is 5.26 Å². The lowest BCUT2D eigenvalue weighted by Crippen LogP contribution is -2.07. The van der Waals surface area contributed by atoms with Gasteiger partial charge in [0.25, 0.3) is 0 Å². The van der Waals surface area contributed by atoms with Crippen LogP contribution in [0.1, 0.15) is 22.3 Å². The summed E-state index contributed by atoms with van der Waals surface area (Å²) < 4.78 is 0. The van der Waals surface area contributed by atoms with Crippen LogP contribution in [-0.4, -0.2) is 39.3 Å². The molecule has 176 valence electrons. The first-order valence-corrected chi connectivity index (χ1v) is 11.2. The second kappa shape index (κ2) is 11.5. The highest BCUT2D eigenvalue weighted by Gasteiger charge is 2.14. The third-order valence-electron chi connectivity index (χ3n) is 5.55. The molecule has 0 bridgehead atoms. The largest absolute Gasteiger partial charge is 0.477 e. The van der Waals surface area contributed by atoms with Gasteiger partial charge in [-0.1, -0.05) is 72.8 Å². The second-order valence-electron chi connectivity index (χ2n) is 8.47. The van der Waals surface area contributed by atoms with Crippen molar-refractivity contribution in [1.29, 1.82) is 5.26 Å². The van der Waals surface area contributed by atoms with E-state index in [0.29, 0.717) is 11.1 Å². The number of hydrogen-bond acceptors (Lipinski definition) is 4. The maximum Gasteiger partial charge on any atom is 0.347 e. The maximum absolute atomic E-state index is 11.7. The van der Waals surface area contributed by atoms with E-state index in [0.717, 1.165) is 28.1 Å². The zero-order chi connectivity index (χ0) is 25.4. The maximum atomic E-state index is 11.7. The molecule has 0 aliphatic carbocycles. The normalized spacial score (nSPS) is 11.9. The minimum atomic E-state index is -1.25. The fourth-order valence-electron chi connectivity index (χ4n) is 3.46. The van der Waals surface area contributed by atoms with Gasteiger partial charge >= 0.3 is 5.97 Å². The summed E-state index contributed by atoms with van der Waals surface area (Å²) in [5, 5.41) is 19.1. The Bertz CT molecular complexity index is 1290. The number of nitriles is 1. The van der Waals surface area contributed by atoms with E-state index in [1.165, 1.54) is 0 Å². The minimum absolute atomic E-state index is 0.296. The Morgan fingerprint density at radius 2 is 1.11 bits per heavy atom. The van der Waals surface area contributed by atoms with Crippen molar-refractivity contribution in [3.63, 3.8) is 0 Å². The van der Waals surface area contributed by atoms with Gasteiger partial charge < -0.3 is 14.9 Å². The predicted octanol–water partition coefficient (Wildman–Crippen LogP) is 6.06. The predicted molar refractivity (Wildman–Crippen MR) is 146 cm³/mol. The highest BCUT2D eigenvalue weighted by molar-refractivity contribution is 6.03. The number of carboxylic acid groups (broad SMARTS) is 1. The Morgan fingerprint density at radius 1 is 0.714 bits per heavy atom. The average Bonchev–Trinajstić information content (AvgIpc) is 2.86. The van der Waals surface area contributed by atoms with Gasteiger partial charge in [-0.3, -0.25) is 0 Å². The van der Waals surface area contributed by atoms with E-state index in [2.05, 4.69) is 29.2 Å². The van der Waals surface area contributed by atoms with Crippen molar-refractivity contribution in [2.45, 2.75) is 0 Å². The van der Waals surface area contributed by atoms with Crippen LogP contribution in [0, 0.1) is 11.3 Å². The number of anilines is 2. The molecule has 3 aromatic rings. The van der Waals surface area contributed by atoms with E-state index >= 15 is 0 Å². The van der Waals surface area contributed by atoms with Crippen LogP contribution in [0.15, 0.2) is 84.4 Å². The molecule has 35 heavy (non-hydrogen) atoms. The summed E-state index contributed by atoms with van der Waals surface area (Å²) in [4.78, 5) is 15.8. The Morgan fingerprint density at radius 3 is 1.49 bits per heavy atom. The zero-order valence-electron chi connectivity index (χ0n) is 20.4. The fraction of sp³-hybridized carbons (Fsp3) is 0.133. The molecule has 5 heteroatoms. The van der Waals surface area contributed by atoms with Gasteiger partial charge in [-0.15, -0.1) is 0 Å². The lowest BCUT2D eigenvalue weighted by Gasteiger charge is -2.12. The van der Waals surface area contributed by atoms with Crippen LogP contribution in [0.2, 0.25) is 0 Å². The number of allylic oxidation sites excluding steroid dienone is 2. The highest BCUT2D eigenvalue weighted by atomic mass is 16.4. The van der Waals surface area contributed by atoms with Crippen LogP contribution in [0.25, 0.3) is 23.8 Å². The summed E-state index contributed by atoms with van der Waals surface area (Å²) in [5.74, 6) is -1.25. The number of nitrogens with zero attached hydrogens (tertiary/aromatic N) is 3. The standard InChI is InChI=1S/C30H29N3O2/c1-32(2)26-16-9-23(10-17-26)6-5-22-7-14-25(15-8-22)28(29(21-31)30(34)35)20-13-24-11-18-27(19-12-24)33(3)4/h5-20H,1-4H3,(H,34,35)/b6-5+,20-13+,29-28+. The van der Waals surface area contributed by atoms with Crippen LogP contribution < -0.4 is 9.80 Å². The topological polar surface area (TPSA) is 67.6 Å². The molecule has 0 atom stereocenters. The smallest absolute Gasteiger partial charge is 0.347 e. The summed E-state index contributed by atoms with van der Waals surface area (Å²) >= 11 is 0. The lowest BCUT2D eigenvalue weighted by molar-refractivity contribution is -0.132. The molecule has 5 nitrogen and oxygen atoms in total. The number of aliphatic carboxylic acids is 1. The fourth-order valence-corrected chi connectivity index (χ4v) is 3.46. The number of hydrogen-bond donors (Lipinski definition) is 1. The van der Waals surface area contributed by atoms with Gasteiger partial charge in [0.2, 0.25) is 0 Å². The molecule has 0 aliphatic heterocycles. The number of benzene rings is 3. The van der Waals surface area contributed by atoms with Gasteiger partial charge in [-0.05, 0) is 46.5 Å². The Hall–Kier alpha value is -4.56. The van der Waals surface area contributed by atoms with E-state index in [9.17, 15) is 15.2 Å². The third-order valence-corrected chi connectivity index (χ3v) is 5.55. The molecule has 0 fully saturated rings. The molecule has 0 spiro atoms. The quantitative estimate of drug-likeness (QED) is 0.190. The average molecular weight is 464 g/mol. The molecule has 0 saturated heterocycles. The molecule has 3 rings (SSSR count). The van der Waals surface area contributed by atoms with E-state index in [1.807, 2.05) is 106 Å². The summed E-state index contributed by atoms with van der Waals surface area (Å²) in [5.41, 5.74) is 5.91. The summed E-state index contributed by atoms with van der Waals surface area (Å²) in [6, 6.07) is 25.5. The van der Waals surface area contributed by atoms with Crippen LogP contribution in [0.4, 0.5) is 11.4 Å². The summed E-state index contributed by atoms with van der Waals surface area (Å²) in [6.45, 7) is 0. The van der Waals surface area contributed by atoms with Crippen molar-refractivity contribution in [2.75, 3.05) is 38.0 Å². The third kappa shape index (κ3) is 6.72. The van der Waals surface area contributed by atoms with Crippen LogP contribution in [0.3, 0.4) is 0 Å². The van der Waals surface area contributed by atoms with E-state index in [-0.39, 0.29) is 5.57 Å². The Kier molecular flexibility index (Phi) is 8.26. The number of carbonyl (C=O) groups is 1. The molecule has 1 N–H and O–H groups in total. The van der Waals surface area contributed by atoms with E-state index in [4.69, 9.17) is 0 Å². The van der Waals surface area contributed by atoms with Crippen molar-refractivity contribution < 1.29 is 9.90 Å². The van der Waals surface area contributed by atoms with Gasteiger partial charge in [0.1, 0.15) is 11.6 Å². The van der Waals surface area contributed by atoms with Crippen LogP contribution in [-0.2, 0) is 4.79 Å². The molecule has 0 aromatic heterocycles. The SMILES string of the molecule is CN(C)c1ccc(/C=C/C(=C(/C#N)C(=O)O)c2ccc(/C=C/c3ccc(N(C)C)cc3)cc2)cc1. The van der Waals surface area contributed by atoms with Crippen molar-refractivity contribution in [3.05, 3.63) is 107 Å². The van der Waals surface area contributed by atoms with Crippen LogP contribution in [0.5, 0.6) is 0 Å². The van der Waals surface area contributed by atoms with Gasteiger partial charge in [0.05, 0.1) is 0 Å². The van der Waals surface area contributed by atoms with E-state index < -0.39 is 5.97 Å². The monoisotopic (exact) mass is 463 g/mol.